The summed E-state index contributed by atoms with van der Waals surface area (Å²) in [4.78, 5) is 32.5. The number of anilines is 1. The Balaban J connectivity index is 1.26. The zero-order valence-corrected chi connectivity index (χ0v) is 27.0. The summed E-state index contributed by atoms with van der Waals surface area (Å²) in [6.07, 6.45) is 9.07. The minimum Gasteiger partial charge on any atom is -0.497 e. The van der Waals surface area contributed by atoms with Crippen molar-refractivity contribution < 1.29 is 23.8 Å². The van der Waals surface area contributed by atoms with Gasteiger partial charge in [0.05, 0.1) is 26.7 Å². The van der Waals surface area contributed by atoms with E-state index in [-0.39, 0.29) is 36.4 Å². The zero-order chi connectivity index (χ0) is 32.1. The molecule has 0 bridgehead atoms. The van der Waals surface area contributed by atoms with Crippen molar-refractivity contribution in [3.63, 3.8) is 0 Å². The Hall–Kier alpha value is -4.15. The predicted molar refractivity (Wildman–Crippen MR) is 178 cm³/mol. The number of hydrogen-bond donors (Lipinski definition) is 3. The lowest BCUT2D eigenvalue weighted by Crippen LogP contribution is -2.44. The molecule has 2 heterocycles. The highest BCUT2D eigenvalue weighted by molar-refractivity contribution is 5.90. The SMILES string of the molecule is COc1ccc(COCCN2C[C@@H](C)[C@H](CNCc3ccncc3)Oc3ccc(NC(=O)NC4CCCCC4)cc3CC2=O)cc1. The lowest BCUT2D eigenvalue weighted by Gasteiger charge is -2.29. The molecule has 0 spiro atoms. The Morgan fingerprint density at radius 1 is 1.02 bits per heavy atom. The summed E-state index contributed by atoms with van der Waals surface area (Å²) in [5.41, 5.74) is 3.56. The first-order valence-electron chi connectivity index (χ1n) is 16.4. The molecule has 10 heteroatoms. The molecule has 3 aromatic rings. The van der Waals surface area contributed by atoms with Crippen molar-refractivity contribution >= 4 is 17.6 Å². The quantitative estimate of drug-likeness (QED) is 0.233. The van der Waals surface area contributed by atoms with Crippen LogP contribution in [0.2, 0.25) is 0 Å². The van der Waals surface area contributed by atoms with Crippen LogP contribution in [-0.4, -0.2) is 67.3 Å². The number of methoxy groups -OCH3 is 1. The Morgan fingerprint density at radius 2 is 1.80 bits per heavy atom. The standard InChI is InChI=1S/C36H47N5O5/c1-26-24-41(18-19-45-25-28-8-11-32(44-2)12-9-28)35(42)21-29-20-31(40-36(43)39-30-6-4-3-5-7-30)10-13-33(29)46-34(26)23-38-22-27-14-16-37-17-15-27/h8-17,20,26,30,34,38H,3-7,18-19,21-25H2,1-2H3,(H2,39,40,43)/t26-,34+/m1/s1. The van der Waals surface area contributed by atoms with Crippen LogP contribution in [0.4, 0.5) is 10.5 Å². The Morgan fingerprint density at radius 3 is 2.57 bits per heavy atom. The third kappa shape index (κ3) is 9.92. The van der Waals surface area contributed by atoms with Crippen molar-refractivity contribution in [1.82, 2.24) is 20.5 Å². The number of nitrogens with zero attached hydrogens (tertiary/aromatic N) is 2. The van der Waals surface area contributed by atoms with Gasteiger partial charge in [0.15, 0.2) is 0 Å². The van der Waals surface area contributed by atoms with Gasteiger partial charge in [0.1, 0.15) is 17.6 Å². The molecule has 1 aliphatic heterocycles. The van der Waals surface area contributed by atoms with E-state index in [4.69, 9.17) is 14.2 Å². The van der Waals surface area contributed by atoms with Crippen LogP contribution in [0, 0.1) is 5.92 Å². The average molecular weight is 630 g/mol. The molecule has 0 unspecified atom stereocenters. The maximum Gasteiger partial charge on any atom is 0.319 e. The van der Waals surface area contributed by atoms with Gasteiger partial charge in [-0.3, -0.25) is 9.78 Å². The lowest BCUT2D eigenvalue weighted by atomic mass is 9.96. The minimum atomic E-state index is -0.218. The number of urea groups is 1. The van der Waals surface area contributed by atoms with Gasteiger partial charge in [0.2, 0.25) is 5.91 Å². The summed E-state index contributed by atoms with van der Waals surface area (Å²) in [7, 11) is 1.65. The number of fused-ring (bicyclic) bond motifs is 1. The number of ether oxygens (including phenoxy) is 3. The van der Waals surface area contributed by atoms with Gasteiger partial charge in [-0.25, -0.2) is 4.79 Å². The minimum absolute atomic E-state index is 0.000973. The summed E-state index contributed by atoms with van der Waals surface area (Å²) < 4.78 is 17.8. The van der Waals surface area contributed by atoms with Gasteiger partial charge >= 0.3 is 6.03 Å². The summed E-state index contributed by atoms with van der Waals surface area (Å²) in [5.74, 6) is 1.50. The van der Waals surface area contributed by atoms with Gasteiger partial charge in [-0.1, -0.05) is 38.3 Å². The largest absolute Gasteiger partial charge is 0.497 e. The van der Waals surface area contributed by atoms with Crippen LogP contribution in [0.1, 0.15) is 55.7 Å². The molecule has 246 valence electrons. The monoisotopic (exact) mass is 629 g/mol. The number of pyridine rings is 1. The summed E-state index contributed by atoms with van der Waals surface area (Å²) in [6.45, 7) is 5.27. The fourth-order valence-electron chi connectivity index (χ4n) is 6.04. The lowest BCUT2D eigenvalue weighted by molar-refractivity contribution is -0.132. The molecule has 1 aromatic heterocycles. The van der Waals surface area contributed by atoms with Crippen molar-refractivity contribution in [3.8, 4) is 11.5 Å². The average Bonchev–Trinajstić information content (AvgIpc) is 3.11. The van der Waals surface area contributed by atoms with Crippen molar-refractivity contribution in [1.29, 1.82) is 0 Å². The van der Waals surface area contributed by atoms with Gasteiger partial charge in [-0.05, 0) is 66.4 Å². The van der Waals surface area contributed by atoms with E-state index in [1.807, 2.05) is 59.5 Å². The molecule has 3 amide bonds. The predicted octanol–water partition coefficient (Wildman–Crippen LogP) is 5.32. The van der Waals surface area contributed by atoms with Crippen molar-refractivity contribution in [2.24, 2.45) is 5.92 Å². The van der Waals surface area contributed by atoms with Gasteiger partial charge < -0.3 is 35.1 Å². The molecule has 46 heavy (non-hydrogen) atoms. The fraction of sp³-hybridized carbons (Fsp3) is 0.472. The summed E-state index contributed by atoms with van der Waals surface area (Å²) in [6, 6.07) is 17.3. The molecule has 1 saturated carbocycles. The number of benzene rings is 2. The van der Waals surface area contributed by atoms with E-state index in [0.29, 0.717) is 50.8 Å². The van der Waals surface area contributed by atoms with Gasteiger partial charge in [-0.15, -0.1) is 0 Å². The van der Waals surface area contributed by atoms with E-state index in [2.05, 4.69) is 27.9 Å². The Bertz CT molecular complexity index is 1400. The Labute approximate surface area is 272 Å². The molecule has 1 aliphatic carbocycles. The van der Waals surface area contributed by atoms with Crippen LogP contribution in [0.3, 0.4) is 0 Å². The molecule has 10 nitrogen and oxygen atoms in total. The highest BCUT2D eigenvalue weighted by Gasteiger charge is 2.28. The second-order valence-electron chi connectivity index (χ2n) is 12.3. The third-order valence-electron chi connectivity index (χ3n) is 8.73. The third-order valence-corrected chi connectivity index (χ3v) is 8.73. The van der Waals surface area contributed by atoms with Crippen molar-refractivity contribution in [2.45, 2.75) is 70.7 Å². The molecule has 3 N–H and O–H groups in total. The molecule has 2 aliphatic rings. The maximum atomic E-state index is 13.7. The number of nitrogens with one attached hydrogen (secondary N) is 3. The topological polar surface area (TPSA) is 114 Å². The van der Waals surface area contributed by atoms with Crippen molar-refractivity contribution in [3.05, 3.63) is 83.7 Å². The number of hydrogen-bond acceptors (Lipinski definition) is 7. The highest BCUT2D eigenvalue weighted by atomic mass is 16.5. The molecule has 0 radical (unpaired) electrons. The number of carbonyl (C=O) groups is 2. The van der Waals surface area contributed by atoms with E-state index in [1.54, 1.807) is 19.5 Å². The molecular formula is C36H47N5O5. The molecule has 5 rings (SSSR count). The highest BCUT2D eigenvalue weighted by Crippen LogP contribution is 2.29. The zero-order valence-electron chi connectivity index (χ0n) is 27.0. The number of aromatic nitrogens is 1. The molecule has 2 aromatic carbocycles. The first-order valence-corrected chi connectivity index (χ1v) is 16.4. The first-order chi connectivity index (χ1) is 22.5. The van der Waals surface area contributed by atoms with Crippen LogP contribution in [0.15, 0.2) is 67.0 Å². The normalized spacial score (nSPS) is 18.8. The number of amides is 3. The van der Waals surface area contributed by atoms with E-state index >= 15 is 0 Å². The van der Waals surface area contributed by atoms with Crippen LogP contribution in [-0.2, 0) is 29.1 Å². The van der Waals surface area contributed by atoms with E-state index < -0.39 is 0 Å². The smallest absolute Gasteiger partial charge is 0.319 e. The second kappa shape index (κ2) is 17.0. The fourth-order valence-corrected chi connectivity index (χ4v) is 6.04. The number of carbonyl (C=O) groups excluding carboxylic acids is 2. The second-order valence-corrected chi connectivity index (χ2v) is 12.3. The Kier molecular flexibility index (Phi) is 12.2. The first kappa shape index (κ1) is 33.2. The molecule has 0 saturated heterocycles. The van der Waals surface area contributed by atoms with Gasteiger partial charge in [-0.2, -0.15) is 0 Å². The van der Waals surface area contributed by atoms with Crippen LogP contribution >= 0.6 is 0 Å². The maximum absolute atomic E-state index is 13.7. The van der Waals surface area contributed by atoms with Crippen LogP contribution in [0.5, 0.6) is 11.5 Å². The van der Waals surface area contributed by atoms with Gasteiger partial charge in [0, 0.05) is 61.8 Å². The molecule has 1 fully saturated rings. The summed E-state index contributed by atoms with van der Waals surface area (Å²) in [5, 5.41) is 9.61. The van der Waals surface area contributed by atoms with E-state index in [0.717, 1.165) is 48.1 Å². The molecular weight excluding hydrogens is 582 g/mol. The van der Waals surface area contributed by atoms with E-state index in [9.17, 15) is 9.59 Å². The van der Waals surface area contributed by atoms with Crippen LogP contribution < -0.4 is 25.4 Å². The molecule has 2 atom stereocenters. The van der Waals surface area contributed by atoms with Gasteiger partial charge in [0.25, 0.3) is 0 Å². The van der Waals surface area contributed by atoms with Crippen LogP contribution in [0.25, 0.3) is 0 Å². The van der Waals surface area contributed by atoms with E-state index in [1.165, 1.54) is 6.42 Å². The number of rotatable bonds is 12. The summed E-state index contributed by atoms with van der Waals surface area (Å²) >= 11 is 0. The van der Waals surface area contributed by atoms with Crippen molar-refractivity contribution in [2.75, 3.05) is 38.7 Å².